The Morgan fingerprint density at radius 2 is 2.23 bits per heavy atom. The Morgan fingerprint density at radius 1 is 1.32 bits per heavy atom. The number of thiocarbonyl (C=S) groups is 1. The second-order valence-corrected chi connectivity index (χ2v) is 5.68. The number of ether oxygens (including phenoxy) is 1. The first-order chi connectivity index (χ1) is 10.8. The Balaban J connectivity index is 1.88. The summed E-state index contributed by atoms with van der Waals surface area (Å²) in [6.45, 7) is 1.58. The van der Waals surface area contributed by atoms with Crippen molar-refractivity contribution in [2.45, 2.75) is 18.5 Å². The molecule has 2 unspecified atom stereocenters. The summed E-state index contributed by atoms with van der Waals surface area (Å²) >= 11 is 5.55. The highest BCUT2D eigenvalue weighted by Crippen LogP contribution is 2.37. The molecule has 6 heteroatoms. The van der Waals surface area contributed by atoms with Crippen molar-refractivity contribution in [3.8, 4) is 0 Å². The molecule has 5 nitrogen and oxygen atoms in total. The van der Waals surface area contributed by atoms with Crippen molar-refractivity contribution in [1.29, 1.82) is 0 Å². The van der Waals surface area contributed by atoms with Crippen LogP contribution in [0.15, 0.2) is 42.7 Å². The van der Waals surface area contributed by atoms with Crippen LogP contribution in [-0.4, -0.2) is 40.2 Å². The number of nitrogens with one attached hydrogen (secondary N) is 2. The smallest absolute Gasteiger partial charge is 0.170 e. The van der Waals surface area contributed by atoms with E-state index in [1.165, 1.54) is 0 Å². The molecule has 3 rings (SSSR count). The largest absolute Gasteiger partial charge is 0.385 e. The van der Waals surface area contributed by atoms with Gasteiger partial charge >= 0.3 is 0 Å². The number of hydrogen-bond donors (Lipinski definition) is 2. The minimum absolute atomic E-state index is 0.0508. The summed E-state index contributed by atoms with van der Waals surface area (Å²) in [5.41, 5.74) is 2.14. The van der Waals surface area contributed by atoms with E-state index >= 15 is 0 Å². The fraction of sp³-hybridized carbons (Fsp3) is 0.375. The Labute approximate surface area is 135 Å². The topological polar surface area (TPSA) is 53.2 Å². The SMILES string of the molecule is COCCCN1C(=S)NC(c2ccccn2)C1c1ccc[nH]1. The molecule has 116 valence electrons. The van der Waals surface area contributed by atoms with Gasteiger partial charge in [0, 0.05) is 38.3 Å². The zero-order valence-corrected chi connectivity index (χ0v) is 13.3. The van der Waals surface area contributed by atoms with Crippen LogP contribution in [0.2, 0.25) is 0 Å². The third kappa shape index (κ3) is 2.98. The Morgan fingerprint density at radius 3 is 2.91 bits per heavy atom. The third-order valence-corrected chi connectivity index (χ3v) is 4.24. The van der Waals surface area contributed by atoms with E-state index in [2.05, 4.69) is 26.3 Å². The molecule has 2 aromatic rings. The molecule has 1 fully saturated rings. The van der Waals surface area contributed by atoms with Gasteiger partial charge in [0.05, 0.1) is 17.8 Å². The van der Waals surface area contributed by atoms with Gasteiger partial charge in [-0.05, 0) is 42.9 Å². The summed E-state index contributed by atoms with van der Waals surface area (Å²) in [6.07, 6.45) is 4.70. The van der Waals surface area contributed by atoms with Crippen LogP contribution in [-0.2, 0) is 4.74 Å². The predicted octanol–water partition coefficient (Wildman–Crippen LogP) is 2.42. The van der Waals surface area contributed by atoms with Crippen LogP contribution in [0, 0.1) is 0 Å². The van der Waals surface area contributed by atoms with Crippen LogP contribution in [0.1, 0.15) is 29.9 Å². The molecule has 0 radical (unpaired) electrons. The predicted molar refractivity (Wildman–Crippen MR) is 89.4 cm³/mol. The van der Waals surface area contributed by atoms with Crippen molar-refractivity contribution >= 4 is 17.3 Å². The number of hydrogen-bond acceptors (Lipinski definition) is 3. The number of pyridine rings is 1. The van der Waals surface area contributed by atoms with Gasteiger partial charge in [0.25, 0.3) is 0 Å². The molecule has 1 aliphatic rings. The molecule has 0 saturated carbocycles. The van der Waals surface area contributed by atoms with Gasteiger partial charge in [-0.2, -0.15) is 0 Å². The maximum atomic E-state index is 5.55. The highest BCUT2D eigenvalue weighted by Gasteiger charge is 2.39. The van der Waals surface area contributed by atoms with E-state index in [1.54, 1.807) is 7.11 Å². The Hall–Kier alpha value is -1.92. The highest BCUT2D eigenvalue weighted by atomic mass is 32.1. The van der Waals surface area contributed by atoms with Crippen molar-refractivity contribution in [3.63, 3.8) is 0 Å². The second kappa shape index (κ2) is 6.89. The van der Waals surface area contributed by atoms with Gasteiger partial charge in [0.2, 0.25) is 0 Å². The lowest BCUT2D eigenvalue weighted by Gasteiger charge is -2.26. The molecular formula is C16H20N4OS. The molecule has 1 aliphatic heterocycles. The summed E-state index contributed by atoms with van der Waals surface area (Å²) in [7, 11) is 1.72. The van der Waals surface area contributed by atoms with Crippen LogP contribution in [0.5, 0.6) is 0 Å². The van der Waals surface area contributed by atoms with Crippen LogP contribution in [0.4, 0.5) is 0 Å². The van der Waals surface area contributed by atoms with E-state index in [4.69, 9.17) is 17.0 Å². The van der Waals surface area contributed by atoms with Gasteiger partial charge in [-0.3, -0.25) is 4.98 Å². The van der Waals surface area contributed by atoms with E-state index in [9.17, 15) is 0 Å². The van der Waals surface area contributed by atoms with Gasteiger partial charge in [0.15, 0.2) is 5.11 Å². The van der Waals surface area contributed by atoms with Crippen LogP contribution in [0.3, 0.4) is 0 Å². The molecule has 2 N–H and O–H groups in total. The first-order valence-electron chi connectivity index (χ1n) is 7.41. The molecule has 2 aromatic heterocycles. The quantitative estimate of drug-likeness (QED) is 0.633. The maximum Gasteiger partial charge on any atom is 0.170 e. The standard InChI is InChI=1S/C16H20N4OS/c1-21-11-5-10-20-15(13-7-4-9-18-13)14(19-16(20)22)12-6-2-3-8-17-12/h2-4,6-9,14-15,18H,5,10-11H2,1H3,(H,19,22). The highest BCUT2D eigenvalue weighted by molar-refractivity contribution is 7.80. The second-order valence-electron chi connectivity index (χ2n) is 5.29. The molecule has 0 aromatic carbocycles. The Bertz CT molecular complexity index is 602. The average Bonchev–Trinajstić information content (AvgIpc) is 3.17. The van der Waals surface area contributed by atoms with E-state index in [0.717, 1.165) is 36.1 Å². The van der Waals surface area contributed by atoms with Crippen LogP contribution in [0.25, 0.3) is 0 Å². The number of methoxy groups -OCH3 is 1. The molecular weight excluding hydrogens is 296 g/mol. The molecule has 2 atom stereocenters. The zero-order valence-electron chi connectivity index (χ0n) is 12.5. The normalized spacial score (nSPS) is 21.1. The molecule has 0 aliphatic carbocycles. The number of aromatic amines is 1. The number of aromatic nitrogens is 2. The fourth-order valence-corrected chi connectivity index (χ4v) is 3.22. The van der Waals surface area contributed by atoms with Crippen molar-refractivity contribution in [2.24, 2.45) is 0 Å². The number of H-pyrrole nitrogens is 1. The summed E-state index contributed by atoms with van der Waals surface area (Å²) in [5.74, 6) is 0. The van der Waals surface area contributed by atoms with Gasteiger partial charge in [-0.1, -0.05) is 6.07 Å². The van der Waals surface area contributed by atoms with Crippen molar-refractivity contribution in [1.82, 2.24) is 20.2 Å². The lowest BCUT2D eigenvalue weighted by molar-refractivity contribution is 0.180. The fourth-order valence-electron chi connectivity index (χ4n) is 2.89. The van der Waals surface area contributed by atoms with Gasteiger partial charge < -0.3 is 19.9 Å². The maximum absolute atomic E-state index is 5.55. The van der Waals surface area contributed by atoms with Crippen molar-refractivity contribution < 1.29 is 4.74 Å². The van der Waals surface area contributed by atoms with E-state index in [0.29, 0.717) is 0 Å². The minimum atomic E-state index is 0.0508. The zero-order chi connectivity index (χ0) is 15.4. The van der Waals surface area contributed by atoms with Gasteiger partial charge in [-0.15, -0.1) is 0 Å². The molecule has 0 amide bonds. The lowest BCUT2D eigenvalue weighted by atomic mass is 10.0. The van der Waals surface area contributed by atoms with Crippen molar-refractivity contribution in [2.75, 3.05) is 20.3 Å². The number of nitrogens with zero attached hydrogens (tertiary/aromatic N) is 2. The van der Waals surface area contributed by atoms with E-state index in [-0.39, 0.29) is 12.1 Å². The van der Waals surface area contributed by atoms with Crippen LogP contribution < -0.4 is 5.32 Å². The monoisotopic (exact) mass is 316 g/mol. The number of rotatable bonds is 6. The lowest BCUT2D eigenvalue weighted by Crippen LogP contribution is -2.31. The minimum Gasteiger partial charge on any atom is -0.385 e. The molecule has 0 bridgehead atoms. The first kappa shape index (κ1) is 15.0. The summed E-state index contributed by atoms with van der Waals surface area (Å²) in [4.78, 5) is 10.0. The summed E-state index contributed by atoms with van der Waals surface area (Å²) < 4.78 is 5.16. The average molecular weight is 316 g/mol. The molecule has 22 heavy (non-hydrogen) atoms. The Kier molecular flexibility index (Phi) is 4.70. The van der Waals surface area contributed by atoms with Gasteiger partial charge in [0.1, 0.15) is 0 Å². The molecule has 0 spiro atoms. The summed E-state index contributed by atoms with van der Waals surface area (Å²) in [5, 5.41) is 4.19. The molecule has 1 saturated heterocycles. The molecule has 3 heterocycles. The van der Waals surface area contributed by atoms with Gasteiger partial charge in [-0.25, -0.2) is 0 Å². The first-order valence-corrected chi connectivity index (χ1v) is 7.82. The summed E-state index contributed by atoms with van der Waals surface area (Å²) in [6, 6.07) is 10.3. The van der Waals surface area contributed by atoms with E-state index < -0.39 is 0 Å². The van der Waals surface area contributed by atoms with Crippen molar-refractivity contribution in [3.05, 3.63) is 54.1 Å². The third-order valence-electron chi connectivity index (χ3n) is 3.89. The van der Waals surface area contributed by atoms with E-state index in [1.807, 2.05) is 36.7 Å². The van der Waals surface area contributed by atoms with Crippen LogP contribution >= 0.6 is 12.2 Å².